The molecule has 0 saturated heterocycles. The van der Waals surface area contributed by atoms with Crippen molar-refractivity contribution in [2.75, 3.05) is 26.2 Å². The van der Waals surface area contributed by atoms with Gasteiger partial charge in [0.25, 0.3) is 10.0 Å². The Morgan fingerprint density at radius 3 is 2.50 bits per heavy atom. The van der Waals surface area contributed by atoms with E-state index in [1.165, 1.54) is 32.5 Å². The standard InChI is InChI=1S/C12H18N4O5S3.CH5N/c1-9-7-10(11-5-4-6-22-11)16(13-9)12(17)14-23(18,19)8-24(20,21)15(2)3;1-2/h4-6,10H,7-8H2,1-3H3,(H,14,17);2H2,1H3. The predicted molar refractivity (Wildman–Crippen MR) is 102 cm³/mol. The minimum absolute atomic E-state index is 0.398. The summed E-state index contributed by atoms with van der Waals surface area (Å²) in [5.41, 5.74) is 5.18. The highest BCUT2D eigenvalue weighted by Crippen LogP contribution is 2.33. The highest BCUT2D eigenvalue weighted by molar-refractivity contribution is 8.06. The molecule has 13 heteroatoms. The monoisotopic (exact) mass is 425 g/mol. The van der Waals surface area contributed by atoms with E-state index in [0.717, 1.165) is 14.2 Å². The summed E-state index contributed by atoms with van der Waals surface area (Å²) in [5.74, 6) is 0. The molecule has 2 amide bonds. The zero-order valence-corrected chi connectivity index (χ0v) is 17.4. The molecule has 0 spiro atoms. The van der Waals surface area contributed by atoms with Crippen LogP contribution in [0.3, 0.4) is 0 Å². The second-order valence-corrected chi connectivity index (χ2v) is 10.7. The molecule has 148 valence electrons. The highest BCUT2D eigenvalue weighted by atomic mass is 32.3. The van der Waals surface area contributed by atoms with E-state index in [1.807, 2.05) is 17.5 Å². The average Bonchev–Trinajstić information content (AvgIpc) is 3.16. The number of rotatable bonds is 5. The zero-order chi connectivity index (χ0) is 20.1. The SMILES string of the molecule is CC1=NN(C(=O)NS(=O)(=O)CS(=O)(=O)N(C)C)C(c2cccs2)C1.CN. The lowest BCUT2D eigenvalue weighted by molar-refractivity contribution is 0.193. The van der Waals surface area contributed by atoms with Crippen molar-refractivity contribution in [3.63, 3.8) is 0 Å². The molecule has 0 fully saturated rings. The molecule has 1 aliphatic rings. The summed E-state index contributed by atoms with van der Waals surface area (Å²) >= 11 is 1.43. The van der Waals surface area contributed by atoms with Crippen LogP contribution in [0.1, 0.15) is 24.3 Å². The smallest absolute Gasteiger partial charge is 0.333 e. The van der Waals surface area contributed by atoms with Gasteiger partial charge in [-0.05, 0) is 25.4 Å². The Balaban J connectivity index is 0.00000163. The summed E-state index contributed by atoms with van der Waals surface area (Å²) in [6.45, 7) is 1.74. The first-order valence-electron chi connectivity index (χ1n) is 7.41. The Morgan fingerprint density at radius 2 is 2.00 bits per heavy atom. The number of hydrogen-bond donors (Lipinski definition) is 2. The van der Waals surface area contributed by atoms with E-state index in [9.17, 15) is 21.6 Å². The maximum absolute atomic E-state index is 12.3. The molecule has 26 heavy (non-hydrogen) atoms. The Hall–Kier alpha value is -1.54. The van der Waals surface area contributed by atoms with Crippen LogP contribution in [0.15, 0.2) is 22.6 Å². The average molecular weight is 426 g/mol. The first kappa shape index (κ1) is 22.5. The molecular weight excluding hydrogens is 402 g/mol. The number of carbonyl (C=O) groups excluding carboxylic acids is 1. The summed E-state index contributed by atoms with van der Waals surface area (Å²) < 4.78 is 49.9. The summed E-state index contributed by atoms with van der Waals surface area (Å²) in [6, 6.07) is 2.28. The lowest BCUT2D eigenvalue weighted by Gasteiger charge is -2.21. The third kappa shape index (κ3) is 5.74. The van der Waals surface area contributed by atoms with E-state index in [0.29, 0.717) is 12.1 Å². The van der Waals surface area contributed by atoms with Crippen molar-refractivity contribution in [1.82, 2.24) is 14.0 Å². The Morgan fingerprint density at radius 1 is 1.38 bits per heavy atom. The van der Waals surface area contributed by atoms with Crippen molar-refractivity contribution in [3.05, 3.63) is 22.4 Å². The Kier molecular flexibility index (Phi) is 7.70. The van der Waals surface area contributed by atoms with Gasteiger partial charge in [-0.3, -0.25) is 0 Å². The van der Waals surface area contributed by atoms with Crippen LogP contribution in [-0.2, 0) is 20.0 Å². The van der Waals surface area contributed by atoms with Gasteiger partial charge in [-0.2, -0.15) is 5.10 Å². The van der Waals surface area contributed by atoms with E-state index in [-0.39, 0.29) is 0 Å². The molecule has 1 aromatic heterocycles. The van der Waals surface area contributed by atoms with Crippen LogP contribution >= 0.6 is 11.3 Å². The van der Waals surface area contributed by atoms with E-state index >= 15 is 0 Å². The van der Waals surface area contributed by atoms with Gasteiger partial charge in [0.15, 0.2) is 5.08 Å². The van der Waals surface area contributed by atoms with Crippen molar-refractivity contribution in [1.29, 1.82) is 0 Å². The number of thiophene rings is 1. The van der Waals surface area contributed by atoms with Gasteiger partial charge in [0.1, 0.15) is 0 Å². The van der Waals surface area contributed by atoms with Crippen LogP contribution in [0.5, 0.6) is 0 Å². The molecule has 1 unspecified atom stereocenters. The molecule has 0 bridgehead atoms. The van der Waals surface area contributed by atoms with Crippen LogP contribution < -0.4 is 10.5 Å². The second kappa shape index (κ2) is 8.90. The molecule has 2 rings (SSSR count). The molecule has 1 atom stereocenters. The van der Waals surface area contributed by atoms with Gasteiger partial charge in [0.05, 0.1) is 6.04 Å². The molecule has 3 N–H and O–H groups in total. The number of hydrogen-bond acceptors (Lipinski definition) is 8. The topological polar surface area (TPSA) is 142 Å². The number of urea groups is 1. The molecule has 2 heterocycles. The van der Waals surface area contributed by atoms with Crippen LogP contribution in [0.4, 0.5) is 4.79 Å². The number of carbonyl (C=O) groups is 1. The third-order valence-corrected chi connectivity index (χ3v) is 8.25. The predicted octanol–water partition coefficient (Wildman–Crippen LogP) is 0.334. The quantitative estimate of drug-likeness (QED) is 0.696. The van der Waals surface area contributed by atoms with Crippen molar-refractivity contribution >= 4 is 43.1 Å². The fourth-order valence-corrected chi connectivity index (χ4v) is 5.88. The highest BCUT2D eigenvalue weighted by Gasteiger charge is 2.35. The number of sulfonamides is 2. The fourth-order valence-electron chi connectivity index (χ4n) is 2.06. The molecule has 1 aromatic rings. The van der Waals surface area contributed by atoms with Crippen LogP contribution in [0, 0.1) is 0 Å². The van der Waals surface area contributed by atoms with Gasteiger partial charge in [-0.25, -0.2) is 35.7 Å². The van der Waals surface area contributed by atoms with Crippen LogP contribution in [0.2, 0.25) is 0 Å². The van der Waals surface area contributed by atoms with Crippen molar-refractivity contribution < 1.29 is 21.6 Å². The molecule has 0 saturated carbocycles. The molecule has 0 aromatic carbocycles. The van der Waals surface area contributed by atoms with E-state index in [2.05, 4.69) is 10.8 Å². The number of hydrazone groups is 1. The lowest BCUT2D eigenvalue weighted by atomic mass is 10.1. The number of nitrogens with one attached hydrogen (secondary N) is 1. The Labute approximate surface area is 157 Å². The largest absolute Gasteiger partial charge is 0.352 e. The maximum Gasteiger partial charge on any atom is 0.352 e. The van der Waals surface area contributed by atoms with Crippen LogP contribution in [0.25, 0.3) is 0 Å². The van der Waals surface area contributed by atoms with E-state index in [4.69, 9.17) is 0 Å². The molecule has 10 nitrogen and oxygen atoms in total. The minimum Gasteiger partial charge on any atom is -0.333 e. The van der Waals surface area contributed by atoms with E-state index < -0.39 is 37.2 Å². The first-order chi connectivity index (χ1) is 12.0. The molecular formula is C13H23N5O5S3. The van der Waals surface area contributed by atoms with Crippen molar-refractivity contribution in [2.24, 2.45) is 10.8 Å². The van der Waals surface area contributed by atoms with Crippen molar-refractivity contribution in [3.8, 4) is 0 Å². The fraction of sp³-hybridized carbons (Fsp3) is 0.538. The van der Waals surface area contributed by atoms with Gasteiger partial charge >= 0.3 is 6.03 Å². The van der Waals surface area contributed by atoms with Gasteiger partial charge in [0, 0.05) is 31.1 Å². The summed E-state index contributed by atoms with van der Waals surface area (Å²) in [7, 11) is -4.45. The van der Waals surface area contributed by atoms with Crippen LogP contribution in [-0.4, -0.2) is 64.1 Å². The van der Waals surface area contributed by atoms with Gasteiger partial charge in [0.2, 0.25) is 10.0 Å². The van der Waals surface area contributed by atoms with Gasteiger partial charge < -0.3 is 5.73 Å². The van der Waals surface area contributed by atoms with Crippen molar-refractivity contribution in [2.45, 2.75) is 19.4 Å². The summed E-state index contributed by atoms with van der Waals surface area (Å²) in [6.07, 6.45) is 0.490. The number of amides is 2. The molecule has 0 aliphatic carbocycles. The van der Waals surface area contributed by atoms with Gasteiger partial charge in [-0.15, -0.1) is 11.3 Å². The second-order valence-electron chi connectivity index (χ2n) is 5.45. The number of nitrogens with zero attached hydrogens (tertiary/aromatic N) is 3. The minimum atomic E-state index is -4.37. The summed E-state index contributed by atoms with van der Waals surface area (Å²) in [4.78, 5) is 13.2. The number of nitrogens with two attached hydrogens (primary N) is 1. The molecule has 1 aliphatic heterocycles. The van der Waals surface area contributed by atoms with Gasteiger partial charge in [-0.1, -0.05) is 6.07 Å². The molecule has 0 radical (unpaired) electrons. The van der Waals surface area contributed by atoms with E-state index in [1.54, 1.807) is 11.6 Å². The Bertz CT molecular complexity index is 847. The zero-order valence-electron chi connectivity index (χ0n) is 14.9. The lowest BCUT2D eigenvalue weighted by Crippen LogP contribution is -2.43. The summed E-state index contributed by atoms with van der Waals surface area (Å²) in [5, 5.41) is 5.74. The third-order valence-electron chi connectivity index (χ3n) is 3.25. The first-order valence-corrected chi connectivity index (χ1v) is 11.5. The maximum atomic E-state index is 12.3. The normalized spacial score (nSPS) is 17.5.